The predicted octanol–water partition coefficient (Wildman–Crippen LogP) is 3.11. The van der Waals surface area contributed by atoms with Crippen LogP contribution in [0.2, 0.25) is 0 Å². The summed E-state index contributed by atoms with van der Waals surface area (Å²) >= 11 is 7.72. The summed E-state index contributed by atoms with van der Waals surface area (Å²) in [7, 11) is 3.16. The number of amides is 4. The molecule has 0 aliphatic rings. The molecule has 0 aromatic rings. The molecule has 4 amide bonds. The Bertz CT molecular complexity index is 541. The van der Waals surface area contributed by atoms with Crippen molar-refractivity contribution in [3.05, 3.63) is 0 Å². The maximum Gasteiger partial charge on any atom is 0.407 e. The van der Waals surface area contributed by atoms with Gasteiger partial charge in [0, 0.05) is 49.2 Å². The lowest BCUT2D eigenvalue weighted by Gasteiger charge is -2.05. The van der Waals surface area contributed by atoms with E-state index in [1.165, 1.54) is 0 Å². The van der Waals surface area contributed by atoms with E-state index in [0.29, 0.717) is 75.6 Å². The Kier molecular flexibility index (Phi) is 58.5. The van der Waals surface area contributed by atoms with Crippen LogP contribution in [0.5, 0.6) is 0 Å². The summed E-state index contributed by atoms with van der Waals surface area (Å²) < 4.78 is 19.0. The summed E-state index contributed by atoms with van der Waals surface area (Å²) in [6, 6.07) is 0. The van der Waals surface area contributed by atoms with Gasteiger partial charge in [-0.25, -0.2) is 19.2 Å². The Labute approximate surface area is 271 Å². The molecule has 0 rings (SSSR count). The number of nitrogens with two attached hydrogens (primary N) is 2. The lowest BCUT2D eigenvalue weighted by atomic mass is 10.7. The van der Waals surface area contributed by atoms with Crippen LogP contribution < -0.4 is 32.7 Å². The van der Waals surface area contributed by atoms with Crippen molar-refractivity contribution in [2.45, 2.75) is 41.5 Å². The third kappa shape index (κ3) is 62.1. The Morgan fingerprint density at radius 3 is 0.929 bits per heavy atom. The molecule has 0 radical (unpaired) electrons. The Morgan fingerprint density at radius 1 is 0.524 bits per heavy atom. The van der Waals surface area contributed by atoms with Crippen LogP contribution in [-0.4, -0.2) is 113 Å². The highest BCUT2D eigenvalue weighted by Crippen LogP contribution is 2.20. The maximum absolute atomic E-state index is 10.9. The highest BCUT2D eigenvalue weighted by Gasteiger charge is 2.01. The molecule has 14 nitrogen and oxygen atoms in total. The highest BCUT2D eigenvalue weighted by molar-refractivity contribution is 8.76. The van der Waals surface area contributed by atoms with E-state index in [1.54, 1.807) is 21.6 Å². The number of alkyl carbamates (subject to hydrolysis) is 4. The second-order valence-electron chi connectivity index (χ2n) is 6.57. The van der Waals surface area contributed by atoms with E-state index in [4.69, 9.17) is 20.9 Å². The zero-order valence-electron chi connectivity index (χ0n) is 26.0. The quantitative estimate of drug-likeness (QED) is 0.0542. The molecule has 0 bridgehead atoms. The van der Waals surface area contributed by atoms with Crippen molar-refractivity contribution in [3.63, 3.8) is 0 Å². The van der Waals surface area contributed by atoms with Gasteiger partial charge in [0.05, 0.1) is 0 Å². The van der Waals surface area contributed by atoms with Crippen LogP contribution in [0, 0.1) is 0 Å². The molecular weight excluding hydrogens is 629 g/mol. The lowest BCUT2D eigenvalue weighted by Crippen LogP contribution is -2.24. The van der Waals surface area contributed by atoms with E-state index in [0.717, 1.165) is 13.1 Å². The first kappa shape index (κ1) is 50.0. The van der Waals surface area contributed by atoms with Crippen LogP contribution in [0.15, 0.2) is 0 Å². The molecule has 0 fully saturated rings. The van der Waals surface area contributed by atoms with Crippen molar-refractivity contribution in [2.24, 2.45) is 11.5 Å². The molecule has 0 heterocycles. The molecule has 0 aromatic heterocycles. The summed E-state index contributed by atoms with van der Waals surface area (Å²) in [5.41, 5.74) is 9.69. The van der Waals surface area contributed by atoms with E-state index in [-0.39, 0.29) is 24.4 Å². The second kappa shape index (κ2) is 49.1. The molecule has 0 aromatic carbocycles. The summed E-state index contributed by atoms with van der Waals surface area (Å²) in [6.07, 6.45) is -1.51. The number of nitrogens with one attached hydrogen (secondary N) is 4. The molecule has 0 saturated carbocycles. The fourth-order valence-corrected chi connectivity index (χ4v) is 3.35. The number of thiol groups is 2. The predicted molar refractivity (Wildman–Crippen MR) is 182 cm³/mol. The normalized spacial score (nSPS) is 8.71. The van der Waals surface area contributed by atoms with Crippen molar-refractivity contribution >= 4 is 71.2 Å². The smallest absolute Gasteiger partial charge is 0.407 e. The first-order valence-corrected chi connectivity index (χ1v) is 17.4. The van der Waals surface area contributed by atoms with Gasteiger partial charge in [0.25, 0.3) is 0 Å². The molecule has 42 heavy (non-hydrogen) atoms. The van der Waals surface area contributed by atoms with Gasteiger partial charge in [-0.3, -0.25) is 0 Å². The van der Waals surface area contributed by atoms with Crippen molar-refractivity contribution < 1.29 is 38.1 Å². The minimum Gasteiger partial charge on any atom is -0.449 e. The molecule has 254 valence electrons. The molecule has 0 spiro atoms. The largest absolute Gasteiger partial charge is 0.449 e. The third-order valence-corrected chi connectivity index (χ3v) is 5.51. The molecule has 0 aliphatic heterocycles. The SMILES string of the molecule is CCN.CCN.CCNC(=O)OCCS.CCNC(=O)OCCS.CCNC(=O)OCCSSCCOC(=O)NCC. The monoisotopic (exact) mass is 684 g/mol. The van der Waals surface area contributed by atoms with Crippen molar-refractivity contribution in [1.29, 1.82) is 0 Å². The molecule has 0 aliphatic carbocycles. The summed E-state index contributed by atoms with van der Waals surface area (Å²) in [4.78, 5) is 42.7. The number of carbonyl (C=O) groups excluding carboxylic acids is 4. The summed E-state index contributed by atoms with van der Waals surface area (Å²) in [5, 5.41) is 10.0. The van der Waals surface area contributed by atoms with E-state index in [2.05, 4.69) is 56.0 Å². The topological polar surface area (TPSA) is 205 Å². The van der Waals surface area contributed by atoms with Gasteiger partial charge in [0.2, 0.25) is 0 Å². The van der Waals surface area contributed by atoms with Crippen molar-refractivity contribution in [2.75, 3.05) is 88.7 Å². The Morgan fingerprint density at radius 2 is 0.738 bits per heavy atom. The van der Waals surface area contributed by atoms with Gasteiger partial charge in [-0.05, 0) is 40.8 Å². The van der Waals surface area contributed by atoms with Gasteiger partial charge in [0.1, 0.15) is 26.4 Å². The standard InChI is InChI=1S/C10H20N2O4S2.2C5H11NO2S.2C2H7N/c1-3-11-9(13)15-5-7-17-18-8-6-16-10(14)12-4-2;2*1-2-6-5(7)8-3-4-9;2*1-2-3/h3-8H2,1-2H3,(H,11,13)(H,12,14);2*9H,2-4H2,1H3,(H,6,7);2*2-3H2,1H3. The fourth-order valence-electron chi connectivity index (χ4n) is 1.51. The molecule has 0 saturated heterocycles. The average Bonchev–Trinajstić information content (AvgIpc) is 2.94. The first-order chi connectivity index (χ1) is 20.1. The second-order valence-corrected chi connectivity index (χ2v) is 10.2. The van der Waals surface area contributed by atoms with Gasteiger partial charge in [-0.1, -0.05) is 35.4 Å². The van der Waals surface area contributed by atoms with Crippen LogP contribution >= 0.6 is 46.8 Å². The van der Waals surface area contributed by atoms with Crippen molar-refractivity contribution in [3.8, 4) is 0 Å². The number of hydrogen-bond donors (Lipinski definition) is 8. The molecule has 8 N–H and O–H groups in total. The van der Waals surface area contributed by atoms with Crippen LogP contribution in [0.25, 0.3) is 0 Å². The van der Waals surface area contributed by atoms with Crippen LogP contribution in [0.1, 0.15) is 41.5 Å². The van der Waals surface area contributed by atoms with E-state index >= 15 is 0 Å². The molecule has 0 atom stereocenters. The van der Waals surface area contributed by atoms with Crippen molar-refractivity contribution in [1.82, 2.24) is 21.3 Å². The van der Waals surface area contributed by atoms with Crippen LogP contribution in [-0.2, 0) is 18.9 Å². The summed E-state index contributed by atoms with van der Waals surface area (Å²) in [5.74, 6) is 2.56. The fraction of sp³-hybridized carbons (Fsp3) is 0.833. The van der Waals surface area contributed by atoms with Gasteiger partial charge in [0.15, 0.2) is 0 Å². The van der Waals surface area contributed by atoms with Crippen LogP contribution in [0.3, 0.4) is 0 Å². The van der Waals surface area contributed by atoms with E-state index < -0.39 is 0 Å². The molecular formula is C24H56N6O8S4. The Balaban J connectivity index is -0.000000160. The zero-order valence-corrected chi connectivity index (χ0v) is 29.5. The van der Waals surface area contributed by atoms with Crippen LogP contribution in [0.4, 0.5) is 19.2 Å². The molecule has 18 heteroatoms. The highest BCUT2D eigenvalue weighted by atomic mass is 33.1. The minimum absolute atomic E-state index is 0.369. The van der Waals surface area contributed by atoms with E-state index in [1.807, 2.05) is 41.5 Å². The van der Waals surface area contributed by atoms with Gasteiger partial charge >= 0.3 is 24.4 Å². The zero-order chi connectivity index (χ0) is 33.3. The van der Waals surface area contributed by atoms with Gasteiger partial charge in [-0.2, -0.15) is 25.3 Å². The molecule has 0 unspecified atom stereocenters. The number of carbonyl (C=O) groups is 4. The van der Waals surface area contributed by atoms with Gasteiger partial charge in [-0.15, -0.1) is 0 Å². The Hall–Kier alpha value is -1.60. The number of hydrogen-bond acceptors (Lipinski definition) is 14. The minimum atomic E-state index is -0.386. The lowest BCUT2D eigenvalue weighted by molar-refractivity contribution is 0.153. The number of rotatable bonds is 15. The maximum atomic E-state index is 10.9. The number of ether oxygens (including phenoxy) is 4. The average molecular weight is 685 g/mol. The summed E-state index contributed by atoms with van der Waals surface area (Å²) in [6.45, 7) is 16.5. The van der Waals surface area contributed by atoms with Gasteiger partial charge < -0.3 is 51.7 Å². The van der Waals surface area contributed by atoms with E-state index in [9.17, 15) is 19.2 Å². The third-order valence-electron chi connectivity index (χ3n) is 2.82. The first-order valence-electron chi connectivity index (χ1n) is 13.6.